The lowest BCUT2D eigenvalue weighted by atomic mass is 10.0. The summed E-state index contributed by atoms with van der Waals surface area (Å²) in [6.07, 6.45) is 0. The first kappa shape index (κ1) is 13.2. The summed E-state index contributed by atoms with van der Waals surface area (Å²) >= 11 is 1.79. The van der Waals surface area contributed by atoms with E-state index in [1.54, 1.807) is 11.3 Å². The molecule has 0 fully saturated rings. The number of hydrogen-bond donors (Lipinski definition) is 1. The number of nitrogens with zero attached hydrogens (tertiary/aromatic N) is 1. The first-order valence-corrected chi connectivity index (χ1v) is 7.03. The number of nitrogens with one attached hydrogen (secondary N) is 1. The van der Waals surface area contributed by atoms with Crippen molar-refractivity contribution in [2.75, 3.05) is 7.05 Å². The first-order valence-electron chi connectivity index (χ1n) is 6.22. The molecule has 0 aliphatic heterocycles. The van der Waals surface area contributed by atoms with Gasteiger partial charge in [-0.1, -0.05) is 6.07 Å². The van der Waals surface area contributed by atoms with Crippen LogP contribution in [0, 0.1) is 27.7 Å². The molecule has 0 unspecified atom stereocenters. The Balaban J connectivity index is 2.48. The molecule has 0 saturated carbocycles. The van der Waals surface area contributed by atoms with E-state index in [1.165, 1.54) is 27.1 Å². The minimum absolute atomic E-state index is 0.896. The second-order valence-electron chi connectivity index (χ2n) is 4.81. The van der Waals surface area contributed by atoms with E-state index in [-0.39, 0.29) is 0 Å². The third-order valence-corrected chi connectivity index (χ3v) is 4.49. The van der Waals surface area contributed by atoms with Crippen LogP contribution < -0.4 is 5.32 Å². The van der Waals surface area contributed by atoms with Gasteiger partial charge < -0.3 is 5.32 Å². The van der Waals surface area contributed by atoms with Crippen molar-refractivity contribution < 1.29 is 0 Å². The Morgan fingerprint density at radius 3 is 2.39 bits per heavy atom. The topological polar surface area (TPSA) is 24.9 Å². The quantitative estimate of drug-likeness (QED) is 0.909. The fraction of sp³-hybridized carbons (Fsp3) is 0.400. The lowest BCUT2D eigenvalue weighted by Crippen LogP contribution is -2.04. The highest BCUT2D eigenvalue weighted by molar-refractivity contribution is 7.15. The van der Waals surface area contributed by atoms with E-state index in [1.807, 2.05) is 7.05 Å². The summed E-state index contributed by atoms with van der Waals surface area (Å²) in [6, 6.07) is 4.51. The molecule has 0 aliphatic carbocycles. The van der Waals surface area contributed by atoms with Gasteiger partial charge in [0.2, 0.25) is 0 Å². The van der Waals surface area contributed by atoms with E-state index in [9.17, 15) is 0 Å². The van der Waals surface area contributed by atoms with Crippen molar-refractivity contribution in [3.63, 3.8) is 0 Å². The van der Waals surface area contributed by atoms with Crippen LogP contribution in [0.3, 0.4) is 0 Å². The van der Waals surface area contributed by atoms with E-state index in [0.29, 0.717) is 0 Å². The van der Waals surface area contributed by atoms with Crippen LogP contribution in [0.5, 0.6) is 0 Å². The molecule has 0 spiro atoms. The molecule has 0 radical (unpaired) electrons. The maximum absolute atomic E-state index is 4.71. The number of thiazole rings is 1. The van der Waals surface area contributed by atoms with Crippen molar-refractivity contribution in [1.29, 1.82) is 0 Å². The summed E-state index contributed by atoms with van der Waals surface area (Å²) in [6.45, 7) is 9.46. The van der Waals surface area contributed by atoms with E-state index in [4.69, 9.17) is 4.98 Å². The SMILES string of the molecule is CNCc1sc(-c2cc(C)c(C)cc2C)nc1C. The maximum Gasteiger partial charge on any atom is 0.124 e. The zero-order valence-electron chi connectivity index (χ0n) is 11.7. The highest BCUT2D eigenvalue weighted by Gasteiger charge is 2.11. The van der Waals surface area contributed by atoms with E-state index < -0.39 is 0 Å². The third kappa shape index (κ3) is 2.47. The van der Waals surface area contributed by atoms with Gasteiger partial charge in [0.1, 0.15) is 5.01 Å². The Morgan fingerprint density at radius 1 is 1.06 bits per heavy atom. The van der Waals surface area contributed by atoms with E-state index >= 15 is 0 Å². The molecular formula is C15H20N2S. The minimum atomic E-state index is 0.896. The van der Waals surface area contributed by atoms with Gasteiger partial charge in [-0.3, -0.25) is 0 Å². The molecular weight excluding hydrogens is 240 g/mol. The Morgan fingerprint density at radius 2 is 1.72 bits per heavy atom. The fourth-order valence-electron chi connectivity index (χ4n) is 2.06. The second-order valence-corrected chi connectivity index (χ2v) is 5.89. The van der Waals surface area contributed by atoms with Crippen molar-refractivity contribution in [3.8, 4) is 10.6 Å². The van der Waals surface area contributed by atoms with Gasteiger partial charge in [-0.25, -0.2) is 4.98 Å². The highest BCUT2D eigenvalue weighted by atomic mass is 32.1. The molecule has 2 aromatic rings. The number of rotatable bonds is 3. The van der Waals surface area contributed by atoms with Crippen LogP contribution in [0.15, 0.2) is 12.1 Å². The molecule has 1 aromatic heterocycles. The molecule has 0 amide bonds. The molecule has 2 nitrogen and oxygen atoms in total. The molecule has 0 atom stereocenters. The molecule has 0 aliphatic rings. The third-order valence-electron chi connectivity index (χ3n) is 3.30. The summed E-state index contributed by atoms with van der Waals surface area (Å²) in [5.74, 6) is 0. The smallest absolute Gasteiger partial charge is 0.124 e. The zero-order valence-corrected chi connectivity index (χ0v) is 12.5. The fourth-order valence-corrected chi connectivity index (χ4v) is 3.21. The van der Waals surface area contributed by atoms with Gasteiger partial charge in [0.15, 0.2) is 0 Å². The molecule has 18 heavy (non-hydrogen) atoms. The largest absolute Gasteiger partial charge is 0.315 e. The van der Waals surface area contributed by atoms with Crippen molar-refractivity contribution in [3.05, 3.63) is 39.4 Å². The van der Waals surface area contributed by atoms with Gasteiger partial charge in [0.05, 0.1) is 5.69 Å². The Labute approximate surface area is 113 Å². The van der Waals surface area contributed by atoms with Crippen LogP contribution in [-0.4, -0.2) is 12.0 Å². The molecule has 1 aromatic carbocycles. The molecule has 0 bridgehead atoms. The van der Waals surface area contributed by atoms with Crippen LogP contribution in [-0.2, 0) is 6.54 Å². The molecule has 1 N–H and O–H groups in total. The molecule has 0 saturated heterocycles. The molecule has 2 rings (SSSR count). The number of aromatic nitrogens is 1. The van der Waals surface area contributed by atoms with Gasteiger partial charge >= 0.3 is 0 Å². The summed E-state index contributed by atoms with van der Waals surface area (Å²) < 4.78 is 0. The zero-order chi connectivity index (χ0) is 13.3. The lowest BCUT2D eigenvalue weighted by Gasteiger charge is -2.07. The van der Waals surface area contributed by atoms with Gasteiger partial charge in [-0.15, -0.1) is 11.3 Å². The van der Waals surface area contributed by atoms with Crippen molar-refractivity contribution >= 4 is 11.3 Å². The lowest BCUT2D eigenvalue weighted by molar-refractivity contribution is 0.823. The van der Waals surface area contributed by atoms with Crippen LogP contribution in [0.2, 0.25) is 0 Å². The van der Waals surface area contributed by atoms with Crippen molar-refractivity contribution in [1.82, 2.24) is 10.3 Å². The van der Waals surface area contributed by atoms with E-state index in [0.717, 1.165) is 17.2 Å². The second kappa shape index (κ2) is 5.21. The average Bonchev–Trinajstić information content (AvgIpc) is 2.66. The van der Waals surface area contributed by atoms with Crippen molar-refractivity contribution in [2.24, 2.45) is 0 Å². The summed E-state index contributed by atoms with van der Waals surface area (Å²) in [5.41, 5.74) is 6.40. The summed E-state index contributed by atoms with van der Waals surface area (Å²) in [4.78, 5) is 6.03. The standard InChI is InChI=1S/C15H20N2S/c1-9-6-11(3)13(7-10(9)2)15-17-12(4)14(18-15)8-16-5/h6-7,16H,8H2,1-5H3. The van der Waals surface area contributed by atoms with E-state index in [2.05, 4.69) is 45.1 Å². The van der Waals surface area contributed by atoms with Crippen LogP contribution in [0.25, 0.3) is 10.6 Å². The number of hydrogen-bond acceptors (Lipinski definition) is 3. The monoisotopic (exact) mass is 260 g/mol. The number of aryl methyl sites for hydroxylation is 4. The predicted molar refractivity (Wildman–Crippen MR) is 79.3 cm³/mol. The average molecular weight is 260 g/mol. The molecule has 96 valence electrons. The van der Waals surface area contributed by atoms with Crippen LogP contribution >= 0.6 is 11.3 Å². The Bertz CT molecular complexity index is 570. The molecule has 3 heteroatoms. The van der Waals surface area contributed by atoms with Gasteiger partial charge in [0, 0.05) is 17.0 Å². The first-order chi connectivity index (χ1) is 8.52. The summed E-state index contributed by atoms with van der Waals surface area (Å²) in [5, 5.41) is 4.33. The number of benzene rings is 1. The van der Waals surface area contributed by atoms with Gasteiger partial charge in [-0.05, 0) is 57.5 Å². The normalized spacial score (nSPS) is 10.9. The molecule has 1 heterocycles. The predicted octanol–water partition coefficient (Wildman–Crippen LogP) is 3.76. The Kier molecular flexibility index (Phi) is 3.83. The van der Waals surface area contributed by atoms with Gasteiger partial charge in [-0.2, -0.15) is 0 Å². The maximum atomic E-state index is 4.71. The van der Waals surface area contributed by atoms with Crippen molar-refractivity contribution in [2.45, 2.75) is 34.2 Å². The summed E-state index contributed by atoms with van der Waals surface area (Å²) in [7, 11) is 1.97. The van der Waals surface area contributed by atoms with Crippen LogP contribution in [0.4, 0.5) is 0 Å². The Hall–Kier alpha value is -1.19. The van der Waals surface area contributed by atoms with Gasteiger partial charge in [0.25, 0.3) is 0 Å². The highest BCUT2D eigenvalue weighted by Crippen LogP contribution is 2.31. The minimum Gasteiger partial charge on any atom is -0.315 e. The van der Waals surface area contributed by atoms with Crippen LogP contribution in [0.1, 0.15) is 27.3 Å².